The first-order valence-corrected chi connectivity index (χ1v) is 4.68. The van der Waals surface area contributed by atoms with E-state index in [1.54, 1.807) is 7.11 Å². The minimum atomic E-state index is -0.208. The molecule has 0 spiro atoms. The van der Waals surface area contributed by atoms with Crippen LogP contribution in [0.5, 0.6) is 0 Å². The first kappa shape index (κ1) is 11.1. The molecule has 5 heteroatoms. The van der Waals surface area contributed by atoms with E-state index in [1.165, 1.54) is 0 Å². The highest BCUT2D eigenvalue weighted by molar-refractivity contribution is 4.94. The lowest BCUT2D eigenvalue weighted by atomic mass is 10.1. The molecule has 0 fully saturated rings. The summed E-state index contributed by atoms with van der Waals surface area (Å²) < 4.78 is 10.1. The van der Waals surface area contributed by atoms with Gasteiger partial charge in [-0.25, -0.2) is 0 Å². The van der Waals surface area contributed by atoms with Gasteiger partial charge < -0.3 is 15.0 Å². The Bertz CT molecular complexity index is 285. The molecule has 1 rings (SSSR count). The van der Waals surface area contributed by atoms with Crippen molar-refractivity contribution in [1.82, 2.24) is 10.1 Å². The van der Waals surface area contributed by atoms with Crippen LogP contribution >= 0.6 is 0 Å². The van der Waals surface area contributed by atoms with Crippen LogP contribution in [0.3, 0.4) is 0 Å². The van der Waals surface area contributed by atoms with Crippen LogP contribution in [0.25, 0.3) is 0 Å². The Labute approximate surface area is 83.6 Å². The Hall–Kier alpha value is -0.940. The highest BCUT2D eigenvalue weighted by Gasteiger charge is 2.20. The molecule has 0 aromatic carbocycles. The van der Waals surface area contributed by atoms with E-state index in [1.807, 2.05) is 20.8 Å². The summed E-state index contributed by atoms with van der Waals surface area (Å²) in [6.07, 6.45) is -0.160. The van der Waals surface area contributed by atoms with Crippen molar-refractivity contribution in [3.63, 3.8) is 0 Å². The quantitative estimate of drug-likeness (QED) is 0.794. The van der Waals surface area contributed by atoms with Gasteiger partial charge in [0.25, 0.3) is 0 Å². The monoisotopic (exact) mass is 199 g/mol. The molecule has 0 aliphatic rings. The summed E-state index contributed by atoms with van der Waals surface area (Å²) in [5, 5.41) is 3.80. The van der Waals surface area contributed by atoms with Crippen molar-refractivity contribution in [1.29, 1.82) is 0 Å². The van der Waals surface area contributed by atoms with Crippen molar-refractivity contribution in [2.45, 2.75) is 32.9 Å². The molecule has 0 saturated heterocycles. The minimum absolute atomic E-state index is 0.160. The van der Waals surface area contributed by atoms with E-state index >= 15 is 0 Å². The predicted octanol–water partition coefficient (Wildman–Crippen LogP) is 1.43. The highest BCUT2D eigenvalue weighted by Crippen LogP contribution is 2.19. The molecule has 1 aromatic rings. The lowest BCUT2D eigenvalue weighted by molar-refractivity contribution is 0.109. The third-order valence-corrected chi connectivity index (χ3v) is 2.18. The Morgan fingerprint density at radius 2 is 2.00 bits per heavy atom. The molecule has 0 bridgehead atoms. The molecule has 2 N–H and O–H groups in total. The summed E-state index contributed by atoms with van der Waals surface area (Å²) in [5.41, 5.74) is 5.86. The van der Waals surface area contributed by atoms with Gasteiger partial charge in [0.15, 0.2) is 5.82 Å². The molecule has 2 atom stereocenters. The minimum Gasteiger partial charge on any atom is -0.374 e. The van der Waals surface area contributed by atoms with E-state index < -0.39 is 0 Å². The standard InChI is InChI=1S/C9H17N3O2/c1-5(2)7(10)9-11-8(12-14-9)6(3)13-4/h5-7H,10H2,1-4H3/t6?,7-/m0/s1. The van der Waals surface area contributed by atoms with Gasteiger partial charge in [-0.1, -0.05) is 19.0 Å². The SMILES string of the molecule is COC(C)c1noc([C@@H](N)C(C)C)n1. The number of rotatable bonds is 4. The van der Waals surface area contributed by atoms with Crippen molar-refractivity contribution in [3.8, 4) is 0 Å². The van der Waals surface area contributed by atoms with Crippen LogP contribution in [-0.4, -0.2) is 17.3 Å². The Morgan fingerprint density at radius 1 is 1.36 bits per heavy atom. The summed E-state index contributed by atoms with van der Waals surface area (Å²) in [7, 11) is 1.60. The summed E-state index contributed by atoms with van der Waals surface area (Å²) in [6, 6.07) is -0.208. The van der Waals surface area contributed by atoms with Gasteiger partial charge in [0, 0.05) is 7.11 Å². The molecule has 14 heavy (non-hydrogen) atoms. The lowest BCUT2D eigenvalue weighted by Gasteiger charge is -2.09. The topological polar surface area (TPSA) is 74.2 Å². The van der Waals surface area contributed by atoms with Gasteiger partial charge in [-0.2, -0.15) is 4.98 Å². The summed E-state index contributed by atoms with van der Waals surface area (Å²) in [6.45, 7) is 5.87. The van der Waals surface area contributed by atoms with Crippen LogP contribution < -0.4 is 5.73 Å². The van der Waals surface area contributed by atoms with E-state index in [0.29, 0.717) is 11.7 Å². The van der Waals surface area contributed by atoms with Crippen LogP contribution in [0.2, 0.25) is 0 Å². The third kappa shape index (κ3) is 2.30. The largest absolute Gasteiger partial charge is 0.374 e. The average Bonchev–Trinajstić information content (AvgIpc) is 2.64. The normalized spacial score (nSPS) is 15.9. The van der Waals surface area contributed by atoms with Crippen LogP contribution in [0, 0.1) is 5.92 Å². The molecule has 1 heterocycles. The van der Waals surface area contributed by atoms with Gasteiger partial charge in [-0.15, -0.1) is 0 Å². The predicted molar refractivity (Wildman–Crippen MR) is 51.5 cm³/mol. The molecule has 0 saturated carbocycles. The number of ether oxygens (including phenoxy) is 1. The number of nitrogens with two attached hydrogens (primary N) is 1. The third-order valence-electron chi connectivity index (χ3n) is 2.18. The smallest absolute Gasteiger partial charge is 0.243 e. The molecule has 0 amide bonds. The van der Waals surface area contributed by atoms with Gasteiger partial charge in [-0.05, 0) is 12.8 Å². The summed E-state index contributed by atoms with van der Waals surface area (Å²) in [4.78, 5) is 4.17. The van der Waals surface area contributed by atoms with Gasteiger partial charge in [0.05, 0.1) is 6.04 Å². The highest BCUT2D eigenvalue weighted by atomic mass is 16.5. The van der Waals surface area contributed by atoms with Crippen LogP contribution in [-0.2, 0) is 4.74 Å². The van der Waals surface area contributed by atoms with E-state index in [-0.39, 0.29) is 18.1 Å². The molecule has 1 unspecified atom stereocenters. The molecular weight excluding hydrogens is 182 g/mol. The number of hydrogen-bond donors (Lipinski definition) is 1. The second-order valence-corrected chi connectivity index (χ2v) is 3.64. The van der Waals surface area contributed by atoms with Gasteiger partial charge in [0.1, 0.15) is 6.10 Å². The van der Waals surface area contributed by atoms with E-state index in [0.717, 1.165) is 0 Å². The van der Waals surface area contributed by atoms with Crippen molar-refractivity contribution in [3.05, 3.63) is 11.7 Å². The van der Waals surface area contributed by atoms with Gasteiger partial charge in [-0.3, -0.25) is 0 Å². The molecule has 80 valence electrons. The maximum Gasteiger partial charge on any atom is 0.243 e. The molecular formula is C9H17N3O2. The summed E-state index contributed by atoms with van der Waals surface area (Å²) in [5.74, 6) is 1.29. The van der Waals surface area contributed by atoms with E-state index in [4.69, 9.17) is 15.0 Å². The molecule has 0 aliphatic carbocycles. The van der Waals surface area contributed by atoms with Gasteiger partial charge in [0.2, 0.25) is 5.89 Å². The fourth-order valence-corrected chi connectivity index (χ4v) is 0.938. The first-order chi connectivity index (χ1) is 6.56. The summed E-state index contributed by atoms with van der Waals surface area (Å²) >= 11 is 0. The van der Waals surface area contributed by atoms with Crippen LogP contribution in [0.15, 0.2) is 4.52 Å². The number of methoxy groups -OCH3 is 1. The fraction of sp³-hybridized carbons (Fsp3) is 0.778. The average molecular weight is 199 g/mol. The van der Waals surface area contributed by atoms with Gasteiger partial charge >= 0.3 is 0 Å². The molecule has 5 nitrogen and oxygen atoms in total. The Kier molecular flexibility index (Phi) is 3.60. The lowest BCUT2D eigenvalue weighted by Crippen LogP contribution is -2.17. The Morgan fingerprint density at radius 3 is 2.50 bits per heavy atom. The Balaban J connectivity index is 2.77. The zero-order valence-electron chi connectivity index (χ0n) is 9.02. The zero-order chi connectivity index (χ0) is 10.7. The van der Waals surface area contributed by atoms with Crippen molar-refractivity contribution < 1.29 is 9.26 Å². The van der Waals surface area contributed by atoms with Crippen LogP contribution in [0.4, 0.5) is 0 Å². The fourth-order valence-electron chi connectivity index (χ4n) is 0.938. The maximum atomic E-state index is 5.86. The number of aromatic nitrogens is 2. The molecule has 1 aromatic heterocycles. The number of hydrogen-bond acceptors (Lipinski definition) is 5. The molecule has 0 aliphatic heterocycles. The molecule has 0 radical (unpaired) electrons. The van der Waals surface area contributed by atoms with E-state index in [9.17, 15) is 0 Å². The zero-order valence-corrected chi connectivity index (χ0v) is 9.02. The number of nitrogens with zero attached hydrogens (tertiary/aromatic N) is 2. The maximum absolute atomic E-state index is 5.86. The van der Waals surface area contributed by atoms with Crippen molar-refractivity contribution >= 4 is 0 Å². The van der Waals surface area contributed by atoms with Crippen molar-refractivity contribution in [2.75, 3.05) is 7.11 Å². The van der Waals surface area contributed by atoms with E-state index in [2.05, 4.69) is 10.1 Å². The first-order valence-electron chi connectivity index (χ1n) is 4.68. The second-order valence-electron chi connectivity index (χ2n) is 3.64. The second kappa shape index (κ2) is 4.52. The van der Waals surface area contributed by atoms with Crippen LogP contribution in [0.1, 0.15) is 44.6 Å². The van der Waals surface area contributed by atoms with Crippen molar-refractivity contribution in [2.24, 2.45) is 11.7 Å².